The predicted octanol–water partition coefficient (Wildman–Crippen LogP) is 3.28. The first-order valence-corrected chi connectivity index (χ1v) is 7.82. The maximum Gasteiger partial charge on any atom is 0.255 e. The van der Waals surface area contributed by atoms with Gasteiger partial charge in [0.2, 0.25) is 0 Å². The number of nitrogens with zero attached hydrogens (tertiary/aromatic N) is 1. The molecule has 0 bridgehead atoms. The van der Waals surface area contributed by atoms with Gasteiger partial charge in [-0.2, -0.15) is 0 Å². The Bertz CT molecular complexity index is 610. The van der Waals surface area contributed by atoms with E-state index < -0.39 is 0 Å². The molecular weight excluding hydrogens is 346 g/mol. The lowest BCUT2D eigenvalue weighted by atomic mass is 10.2. The van der Waals surface area contributed by atoms with Crippen LogP contribution in [0.25, 0.3) is 0 Å². The summed E-state index contributed by atoms with van der Waals surface area (Å²) in [6.07, 6.45) is 2.39. The molecule has 1 aromatic carbocycles. The molecule has 0 aliphatic carbocycles. The molecule has 0 saturated carbocycles. The summed E-state index contributed by atoms with van der Waals surface area (Å²) in [7, 11) is 0. The van der Waals surface area contributed by atoms with Crippen molar-refractivity contribution < 1.29 is 9.90 Å². The van der Waals surface area contributed by atoms with Gasteiger partial charge in [-0.25, -0.2) is 4.98 Å². The molecule has 1 atom stereocenters. The van der Waals surface area contributed by atoms with Gasteiger partial charge in [-0.15, -0.1) is 0 Å². The highest BCUT2D eigenvalue weighted by Gasteiger charge is 2.07. The molecule has 5 nitrogen and oxygen atoms in total. The van der Waals surface area contributed by atoms with Gasteiger partial charge in [-0.05, 0) is 42.8 Å². The molecule has 0 spiro atoms. The number of aromatic nitrogens is 1. The van der Waals surface area contributed by atoms with Crippen molar-refractivity contribution in [3.05, 3.63) is 52.6 Å². The molecular formula is C16H18BrN3O2. The summed E-state index contributed by atoms with van der Waals surface area (Å²) in [5.41, 5.74) is 1.20. The van der Waals surface area contributed by atoms with E-state index in [9.17, 15) is 4.79 Å². The van der Waals surface area contributed by atoms with Gasteiger partial charge in [-0.1, -0.05) is 22.9 Å². The van der Waals surface area contributed by atoms with Crippen molar-refractivity contribution >= 4 is 33.3 Å². The van der Waals surface area contributed by atoms with Gasteiger partial charge in [0.05, 0.1) is 24.5 Å². The quantitative estimate of drug-likeness (QED) is 0.736. The summed E-state index contributed by atoms with van der Waals surface area (Å²) in [5.74, 6) is 0.486. The summed E-state index contributed by atoms with van der Waals surface area (Å²) in [4.78, 5) is 16.3. The highest BCUT2D eigenvalue weighted by molar-refractivity contribution is 9.10. The van der Waals surface area contributed by atoms with Crippen molar-refractivity contribution in [2.75, 3.05) is 17.2 Å². The van der Waals surface area contributed by atoms with Gasteiger partial charge < -0.3 is 15.7 Å². The van der Waals surface area contributed by atoms with E-state index >= 15 is 0 Å². The summed E-state index contributed by atoms with van der Waals surface area (Å²) in [6, 6.07) is 10.7. The Morgan fingerprint density at radius 1 is 1.27 bits per heavy atom. The molecule has 116 valence electrons. The summed E-state index contributed by atoms with van der Waals surface area (Å²) < 4.78 is 0.926. The first-order chi connectivity index (χ1) is 10.6. The maximum absolute atomic E-state index is 12.1. The third-order valence-electron chi connectivity index (χ3n) is 3.19. The van der Waals surface area contributed by atoms with E-state index in [0.717, 1.165) is 10.9 Å². The zero-order valence-electron chi connectivity index (χ0n) is 12.2. The Kier molecular flexibility index (Phi) is 5.91. The van der Waals surface area contributed by atoms with Crippen LogP contribution in [0, 0.1) is 0 Å². The molecule has 0 aliphatic heterocycles. The Morgan fingerprint density at radius 2 is 2.00 bits per heavy atom. The third-order valence-corrected chi connectivity index (χ3v) is 3.72. The molecule has 1 amide bonds. The van der Waals surface area contributed by atoms with Crippen LogP contribution in [0.1, 0.15) is 23.7 Å². The van der Waals surface area contributed by atoms with Crippen LogP contribution in [-0.2, 0) is 0 Å². The van der Waals surface area contributed by atoms with Gasteiger partial charge in [0.15, 0.2) is 0 Å². The second-order valence-corrected chi connectivity index (χ2v) is 5.74. The minimum absolute atomic E-state index is 0.0179. The van der Waals surface area contributed by atoms with Gasteiger partial charge >= 0.3 is 0 Å². The molecule has 2 rings (SSSR count). The highest BCUT2D eigenvalue weighted by atomic mass is 79.9. The lowest BCUT2D eigenvalue weighted by Crippen LogP contribution is -2.23. The number of hydrogen-bond donors (Lipinski definition) is 3. The number of carbonyl (C=O) groups is 1. The van der Waals surface area contributed by atoms with Crippen LogP contribution in [0.3, 0.4) is 0 Å². The normalized spacial score (nSPS) is 11.8. The molecule has 1 aromatic heterocycles. The number of aliphatic hydroxyl groups is 1. The molecule has 6 heteroatoms. The number of anilines is 2. The summed E-state index contributed by atoms with van der Waals surface area (Å²) >= 11 is 3.33. The first kappa shape index (κ1) is 16.5. The van der Waals surface area contributed by atoms with Crippen molar-refractivity contribution in [1.29, 1.82) is 0 Å². The third kappa shape index (κ3) is 4.54. The van der Waals surface area contributed by atoms with E-state index in [0.29, 0.717) is 17.1 Å². The Balaban J connectivity index is 1.98. The van der Waals surface area contributed by atoms with Crippen molar-refractivity contribution in [2.45, 2.75) is 19.4 Å². The van der Waals surface area contributed by atoms with Crippen molar-refractivity contribution in [1.82, 2.24) is 4.98 Å². The lowest BCUT2D eigenvalue weighted by molar-refractivity contribution is 0.102. The Hall–Kier alpha value is -1.92. The Labute approximate surface area is 137 Å². The fourth-order valence-corrected chi connectivity index (χ4v) is 2.11. The standard InChI is InChI=1S/C16H18BrN3O2/c1-2-13(10-21)19-15-8-7-14(9-18-15)20-16(22)11-3-5-12(17)6-4-11/h3-9,13,21H,2,10H2,1H3,(H,18,19)(H,20,22). The number of carbonyl (C=O) groups excluding carboxylic acids is 1. The predicted molar refractivity (Wildman–Crippen MR) is 91.1 cm³/mol. The smallest absolute Gasteiger partial charge is 0.255 e. The van der Waals surface area contributed by atoms with E-state index in [1.165, 1.54) is 0 Å². The highest BCUT2D eigenvalue weighted by Crippen LogP contribution is 2.14. The van der Waals surface area contributed by atoms with Gasteiger partial charge in [-0.3, -0.25) is 4.79 Å². The van der Waals surface area contributed by atoms with E-state index in [1.54, 1.807) is 30.5 Å². The minimum Gasteiger partial charge on any atom is -0.394 e. The molecule has 22 heavy (non-hydrogen) atoms. The molecule has 2 aromatic rings. The lowest BCUT2D eigenvalue weighted by Gasteiger charge is -2.14. The maximum atomic E-state index is 12.1. The number of pyridine rings is 1. The number of hydrogen-bond acceptors (Lipinski definition) is 4. The number of benzene rings is 1. The van der Waals surface area contributed by atoms with Crippen molar-refractivity contribution in [2.24, 2.45) is 0 Å². The summed E-state index contributed by atoms with van der Waals surface area (Å²) in [6.45, 7) is 2.04. The van der Waals surface area contributed by atoms with Crippen LogP contribution < -0.4 is 10.6 Å². The fourth-order valence-electron chi connectivity index (χ4n) is 1.84. The Morgan fingerprint density at radius 3 is 2.55 bits per heavy atom. The van der Waals surface area contributed by atoms with Crippen LogP contribution in [0.5, 0.6) is 0 Å². The molecule has 0 fully saturated rings. The largest absolute Gasteiger partial charge is 0.394 e. The zero-order chi connectivity index (χ0) is 15.9. The van der Waals surface area contributed by atoms with E-state index in [2.05, 4.69) is 31.5 Å². The van der Waals surface area contributed by atoms with Crippen LogP contribution in [0.4, 0.5) is 11.5 Å². The second-order valence-electron chi connectivity index (χ2n) is 4.83. The number of rotatable bonds is 6. The van der Waals surface area contributed by atoms with Crippen LogP contribution in [0.2, 0.25) is 0 Å². The fraction of sp³-hybridized carbons (Fsp3) is 0.250. The molecule has 3 N–H and O–H groups in total. The average Bonchev–Trinajstić information content (AvgIpc) is 2.54. The molecule has 0 aliphatic rings. The SMILES string of the molecule is CCC(CO)Nc1ccc(NC(=O)c2ccc(Br)cc2)cn1. The van der Waals surface area contributed by atoms with Gasteiger partial charge in [0, 0.05) is 10.0 Å². The topological polar surface area (TPSA) is 74.2 Å². The van der Waals surface area contributed by atoms with Crippen LogP contribution in [-0.4, -0.2) is 28.6 Å². The monoisotopic (exact) mass is 363 g/mol. The first-order valence-electron chi connectivity index (χ1n) is 7.02. The summed E-state index contributed by atoms with van der Waals surface area (Å²) in [5, 5.41) is 15.1. The molecule has 0 saturated heterocycles. The number of nitrogens with one attached hydrogen (secondary N) is 2. The molecule has 1 heterocycles. The minimum atomic E-state index is -0.184. The molecule has 1 unspecified atom stereocenters. The van der Waals surface area contributed by atoms with Gasteiger partial charge in [0.25, 0.3) is 5.91 Å². The second kappa shape index (κ2) is 7.91. The zero-order valence-corrected chi connectivity index (χ0v) is 13.8. The number of halogens is 1. The van der Waals surface area contributed by atoms with Crippen LogP contribution >= 0.6 is 15.9 Å². The molecule has 0 radical (unpaired) electrons. The van der Waals surface area contributed by atoms with Crippen molar-refractivity contribution in [3.63, 3.8) is 0 Å². The number of aliphatic hydroxyl groups excluding tert-OH is 1. The van der Waals surface area contributed by atoms with E-state index in [-0.39, 0.29) is 18.6 Å². The van der Waals surface area contributed by atoms with E-state index in [1.807, 2.05) is 19.1 Å². The average molecular weight is 364 g/mol. The van der Waals surface area contributed by atoms with Crippen LogP contribution in [0.15, 0.2) is 47.1 Å². The number of amides is 1. The van der Waals surface area contributed by atoms with Crippen molar-refractivity contribution in [3.8, 4) is 0 Å². The van der Waals surface area contributed by atoms with Gasteiger partial charge in [0.1, 0.15) is 5.82 Å². The van der Waals surface area contributed by atoms with E-state index in [4.69, 9.17) is 5.11 Å².